The van der Waals surface area contributed by atoms with E-state index in [1.54, 1.807) is 18.4 Å². The lowest BCUT2D eigenvalue weighted by Gasteiger charge is -2.33. The molecule has 0 bridgehead atoms. The second-order valence-corrected chi connectivity index (χ2v) is 8.82. The molecule has 4 heterocycles. The van der Waals surface area contributed by atoms with E-state index in [4.69, 9.17) is 14.5 Å². The van der Waals surface area contributed by atoms with Crippen molar-refractivity contribution >= 4 is 41.3 Å². The molecule has 9 nitrogen and oxygen atoms in total. The van der Waals surface area contributed by atoms with E-state index in [0.29, 0.717) is 6.61 Å². The van der Waals surface area contributed by atoms with Crippen LogP contribution in [-0.2, 0) is 29.0 Å². The van der Waals surface area contributed by atoms with Crippen LogP contribution in [-0.4, -0.2) is 78.2 Å². The topological polar surface area (TPSA) is 88.8 Å². The molecule has 0 aliphatic carbocycles. The number of aryl methyl sites for hydroxylation is 1. The Balaban J connectivity index is 0.00000289. The van der Waals surface area contributed by atoms with Gasteiger partial charge in [-0.25, -0.2) is 9.67 Å². The van der Waals surface area contributed by atoms with Crippen molar-refractivity contribution < 1.29 is 9.47 Å². The third kappa shape index (κ3) is 6.62. The van der Waals surface area contributed by atoms with Crippen LogP contribution in [0.3, 0.4) is 0 Å². The van der Waals surface area contributed by atoms with Gasteiger partial charge in [0.1, 0.15) is 12.4 Å². The number of thiophene rings is 1. The molecule has 2 aliphatic rings. The van der Waals surface area contributed by atoms with Crippen LogP contribution in [0.5, 0.6) is 0 Å². The standard InChI is InChI=1S/C21H33N7O2S.HI/c1-3-22-21(24-16-6-7-20-25-19(15-29-2)26-28(20)14-16)23-13-17(18-5-4-12-31-18)27-8-10-30-11-9-27;/h4-5,12,16-17H,3,6-11,13-15H2,1-2H3,(H2,22,23,24);1H. The summed E-state index contributed by atoms with van der Waals surface area (Å²) in [7, 11) is 1.67. The predicted molar refractivity (Wildman–Crippen MR) is 137 cm³/mol. The van der Waals surface area contributed by atoms with Gasteiger partial charge in [0.15, 0.2) is 11.8 Å². The number of aromatic nitrogens is 3. The first-order valence-corrected chi connectivity index (χ1v) is 12.0. The Kier molecular flexibility index (Phi) is 10.2. The summed E-state index contributed by atoms with van der Waals surface area (Å²) < 4.78 is 12.7. The first-order valence-electron chi connectivity index (χ1n) is 11.1. The summed E-state index contributed by atoms with van der Waals surface area (Å²) >= 11 is 1.80. The average Bonchev–Trinajstić information content (AvgIpc) is 3.45. The van der Waals surface area contributed by atoms with E-state index in [0.717, 1.165) is 76.4 Å². The molecule has 0 radical (unpaired) electrons. The predicted octanol–water partition coefficient (Wildman–Crippen LogP) is 2.05. The second kappa shape index (κ2) is 12.8. The number of methoxy groups -OCH3 is 1. The SMILES string of the molecule is CCNC(=NCC(c1cccs1)N1CCOCC1)NC1CCc2nc(COC)nn2C1.I. The number of rotatable bonds is 8. The number of ether oxygens (including phenoxy) is 2. The van der Waals surface area contributed by atoms with Crippen LogP contribution in [0.1, 0.15) is 35.9 Å². The zero-order chi connectivity index (χ0) is 21.5. The molecule has 2 aromatic rings. The highest BCUT2D eigenvalue weighted by Gasteiger charge is 2.25. The Labute approximate surface area is 211 Å². The maximum atomic E-state index is 5.56. The number of halogens is 1. The minimum atomic E-state index is 0. The molecule has 0 spiro atoms. The van der Waals surface area contributed by atoms with Gasteiger partial charge in [0.2, 0.25) is 0 Å². The molecule has 2 aromatic heterocycles. The van der Waals surface area contributed by atoms with Gasteiger partial charge in [-0.05, 0) is 24.8 Å². The van der Waals surface area contributed by atoms with Crippen LogP contribution in [0.2, 0.25) is 0 Å². The highest BCUT2D eigenvalue weighted by Crippen LogP contribution is 2.26. The number of hydrogen-bond acceptors (Lipinski definition) is 7. The Morgan fingerprint density at radius 3 is 2.97 bits per heavy atom. The summed E-state index contributed by atoms with van der Waals surface area (Å²) in [5.41, 5.74) is 0. The number of hydrogen-bond donors (Lipinski definition) is 2. The van der Waals surface area contributed by atoms with E-state index in [1.807, 2.05) is 4.68 Å². The van der Waals surface area contributed by atoms with Gasteiger partial charge < -0.3 is 20.1 Å². The van der Waals surface area contributed by atoms with Crippen molar-refractivity contribution in [3.63, 3.8) is 0 Å². The van der Waals surface area contributed by atoms with E-state index in [9.17, 15) is 0 Å². The summed E-state index contributed by atoms with van der Waals surface area (Å²) in [6.45, 7) is 8.36. The Bertz CT molecular complexity index is 839. The number of nitrogens with zero attached hydrogens (tertiary/aromatic N) is 5. The molecule has 0 saturated carbocycles. The third-order valence-corrected chi connectivity index (χ3v) is 6.61. The highest BCUT2D eigenvalue weighted by molar-refractivity contribution is 14.0. The molecular formula is C21H34IN7O2S. The monoisotopic (exact) mass is 575 g/mol. The maximum absolute atomic E-state index is 5.56. The van der Waals surface area contributed by atoms with E-state index in [2.05, 4.69) is 50.1 Å². The minimum absolute atomic E-state index is 0. The largest absolute Gasteiger partial charge is 0.379 e. The molecule has 178 valence electrons. The van der Waals surface area contributed by atoms with Gasteiger partial charge in [-0.1, -0.05) is 6.07 Å². The first-order chi connectivity index (χ1) is 15.3. The molecule has 1 saturated heterocycles. The van der Waals surface area contributed by atoms with Gasteiger partial charge in [0, 0.05) is 44.1 Å². The van der Waals surface area contributed by atoms with E-state index >= 15 is 0 Å². The lowest BCUT2D eigenvalue weighted by molar-refractivity contribution is 0.0186. The van der Waals surface area contributed by atoms with Gasteiger partial charge in [-0.3, -0.25) is 9.89 Å². The van der Waals surface area contributed by atoms with Crippen LogP contribution in [0, 0.1) is 0 Å². The molecule has 0 aromatic carbocycles. The smallest absolute Gasteiger partial charge is 0.191 e. The Morgan fingerprint density at radius 1 is 1.41 bits per heavy atom. The zero-order valence-electron chi connectivity index (χ0n) is 18.8. The summed E-state index contributed by atoms with van der Waals surface area (Å²) in [5, 5.41) is 13.8. The number of aliphatic imine (C=N–C) groups is 1. The van der Waals surface area contributed by atoms with Crippen LogP contribution in [0.4, 0.5) is 0 Å². The molecule has 2 atom stereocenters. The molecule has 2 unspecified atom stereocenters. The van der Waals surface area contributed by atoms with Crippen molar-refractivity contribution in [1.82, 2.24) is 30.3 Å². The summed E-state index contributed by atoms with van der Waals surface area (Å²) in [6.07, 6.45) is 1.91. The number of nitrogens with one attached hydrogen (secondary N) is 2. The second-order valence-electron chi connectivity index (χ2n) is 7.84. The van der Waals surface area contributed by atoms with Gasteiger partial charge in [0.05, 0.1) is 32.3 Å². The van der Waals surface area contributed by atoms with E-state index < -0.39 is 0 Å². The highest BCUT2D eigenvalue weighted by atomic mass is 127. The number of morpholine rings is 1. The van der Waals surface area contributed by atoms with Crippen molar-refractivity contribution in [2.45, 2.75) is 45.0 Å². The Morgan fingerprint density at radius 2 is 2.25 bits per heavy atom. The van der Waals surface area contributed by atoms with Gasteiger partial charge in [0.25, 0.3) is 0 Å². The quantitative estimate of drug-likeness (QED) is 0.283. The normalized spacial score (nSPS) is 20.3. The summed E-state index contributed by atoms with van der Waals surface area (Å²) in [4.78, 5) is 13.4. The van der Waals surface area contributed by atoms with Crippen molar-refractivity contribution in [1.29, 1.82) is 0 Å². The van der Waals surface area contributed by atoms with Gasteiger partial charge in [-0.2, -0.15) is 5.10 Å². The first kappa shape index (κ1) is 25.3. The fourth-order valence-corrected chi connectivity index (χ4v) is 4.97. The zero-order valence-corrected chi connectivity index (χ0v) is 22.0. The average molecular weight is 576 g/mol. The van der Waals surface area contributed by atoms with Crippen LogP contribution < -0.4 is 10.6 Å². The molecule has 2 N–H and O–H groups in total. The van der Waals surface area contributed by atoms with E-state index in [1.165, 1.54) is 4.88 Å². The molecule has 4 rings (SSSR count). The van der Waals surface area contributed by atoms with Crippen molar-refractivity contribution in [2.75, 3.05) is 46.5 Å². The van der Waals surface area contributed by atoms with Crippen LogP contribution >= 0.6 is 35.3 Å². The van der Waals surface area contributed by atoms with Crippen molar-refractivity contribution in [3.8, 4) is 0 Å². The Hall–Kier alpha value is -1.28. The fraction of sp³-hybridized carbons (Fsp3) is 0.667. The maximum Gasteiger partial charge on any atom is 0.191 e. The molecule has 1 fully saturated rings. The molecule has 2 aliphatic heterocycles. The summed E-state index contributed by atoms with van der Waals surface area (Å²) in [5.74, 6) is 2.66. The van der Waals surface area contributed by atoms with Crippen molar-refractivity contribution in [2.24, 2.45) is 4.99 Å². The lowest BCUT2D eigenvalue weighted by Crippen LogP contribution is -2.47. The molecule has 11 heteroatoms. The van der Waals surface area contributed by atoms with Gasteiger partial charge >= 0.3 is 0 Å². The van der Waals surface area contributed by atoms with E-state index in [-0.39, 0.29) is 36.1 Å². The number of fused-ring (bicyclic) bond motifs is 1. The van der Waals surface area contributed by atoms with Crippen LogP contribution in [0.25, 0.3) is 0 Å². The fourth-order valence-electron chi connectivity index (χ4n) is 4.12. The molecule has 32 heavy (non-hydrogen) atoms. The summed E-state index contributed by atoms with van der Waals surface area (Å²) in [6, 6.07) is 4.89. The van der Waals surface area contributed by atoms with Crippen molar-refractivity contribution in [3.05, 3.63) is 34.0 Å². The van der Waals surface area contributed by atoms with Gasteiger partial charge in [-0.15, -0.1) is 35.3 Å². The molecular weight excluding hydrogens is 541 g/mol. The molecule has 0 amide bonds. The van der Waals surface area contributed by atoms with Crippen LogP contribution in [0.15, 0.2) is 22.5 Å². The third-order valence-electron chi connectivity index (χ3n) is 5.64. The lowest BCUT2D eigenvalue weighted by atomic mass is 10.1. The minimum Gasteiger partial charge on any atom is -0.379 e. The number of guanidine groups is 1.